The third-order valence-corrected chi connectivity index (χ3v) is 3.26. The maximum absolute atomic E-state index is 5.58. The number of aromatic nitrogens is 2. The first-order valence-corrected chi connectivity index (χ1v) is 6.99. The molecule has 1 aliphatic heterocycles. The summed E-state index contributed by atoms with van der Waals surface area (Å²) in [6, 6.07) is 6.00. The number of nitrogens with zero attached hydrogens (tertiary/aromatic N) is 2. The van der Waals surface area contributed by atoms with Crippen molar-refractivity contribution in [1.29, 1.82) is 0 Å². The molecule has 0 fully saturated rings. The Hall–Kier alpha value is -2.21. The number of nitrogens with one attached hydrogen (secondary N) is 1. The van der Waals surface area contributed by atoms with E-state index in [2.05, 4.69) is 10.4 Å². The summed E-state index contributed by atoms with van der Waals surface area (Å²) >= 11 is 0. The fraction of sp³-hybridized carbons (Fsp3) is 0.400. The van der Waals surface area contributed by atoms with Crippen LogP contribution in [0, 0.1) is 0 Å². The van der Waals surface area contributed by atoms with Crippen molar-refractivity contribution in [2.24, 2.45) is 0 Å². The van der Waals surface area contributed by atoms with Crippen LogP contribution >= 0.6 is 0 Å². The second kappa shape index (κ2) is 6.49. The Morgan fingerprint density at radius 1 is 1.29 bits per heavy atom. The minimum absolute atomic E-state index is 0.607. The van der Waals surface area contributed by atoms with Crippen molar-refractivity contribution in [2.45, 2.75) is 13.1 Å². The predicted octanol–water partition coefficient (Wildman–Crippen LogP) is 1.91. The summed E-state index contributed by atoms with van der Waals surface area (Å²) in [6.45, 7) is 3.35. The molecule has 0 spiro atoms. The van der Waals surface area contributed by atoms with Gasteiger partial charge in [-0.15, -0.1) is 0 Å². The van der Waals surface area contributed by atoms with E-state index in [9.17, 15) is 0 Å². The minimum atomic E-state index is 0.607. The lowest BCUT2D eigenvalue weighted by Gasteiger charge is -2.18. The van der Waals surface area contributed by atoms with Crippen LogP contribution in [0.15, 0.2) is 30.6 Å². The van der Waals surface area contributed by atoms with Gasteiger partial charge in [0.05, 0.1) is 25.0 Å². The second-order valence-electron chi connectivity index (χ2n) is 4.82. The molecule has 1 aromatic heterocycles. The van der Waals surface area contributed by atoms with E-state index >= 15 is 0 Å². The zero-order valence-electron chi connectivity index (χ0n) is 12.0. The monoisotopic (exact) mass is 289 g/mol. The van der Waals surface area contributed by atoms with E-state index in [1.807, 2.05) is 35.3 Å². The van der Waals surface area contributed by atoms with Crippen molar-refractivity contribution >= 4 is 5.69 Å². The zero-order valence-corrected chi connectivity index (χ0v) is 12.0. The largest absolute Gasteiger partial charge is 0.486 e. The Kier molecular flexibility index (Phi) is 4.25. The number of hydrogen-bond acceptors (Lipinski definition) is 5. The van der Waals surface area contributed by atoms with E-state index in [-0.39, 0.29) is 0 Å². The quantitative estimate of drug-likeness (QED) is 0.880. The van der Waals surface area contributed by atoms with Crippen LogP contribution in [-0.2, 0) is 17.8 Å². The summed E-state index contributed by atoms with van der Waals surface area (Å²) in [5.74, 6) is 1.63. The molecule has 6 nitrogen and oxygen atoms in total. The number of hydrogen-bond donors (Lipinski definition) is 1. The number of anilines is 1. The Bertz CT molecular complexity index is 598. The van der Waals surface area contributed by atoms with Crippen molar-refractivity contribution in [3.05, 3.63) is 36.2 Å². The van der Waals surface area contributed by atoms with Gasteiger partial charge in [0, 0.05) is 19.9 Å². The average molecular weight is 289 g/mol. The molecule has 2 aromatic rings. The van der Waals surface area contributed by atoms with Crippen LogP contribution in [0.25, 0.3) is 0 Å². The third kappa shape index (κ3) is 3.46. The summed E-state index contributed by atoms with van der Waals surface area (Å²) in [6.07, 6.45) is 3.78. The highest BCUT2D eigenvalue weighted by Gasteiger charge is 2.11. The van der Waals surface area contributed by atoms with Crippen molar-refractivity contribution in [1.82, 2.24) is 9.78 Å². The van der Waals surface area contributed by atoms with E-state index in [1.165, 1.54) is 0 Å². The van der Waals surface area contributed by atoms with Gasteiger partial charge in [0.2, 0.25) is 0 Å². The summed E-state index contributed by atoms with van der Waals surface area (Å²) in [4.78, 5) is 0. The molecule has 0 atom stereocenters. The van der Waals surface area contributed by atoms with Crippen LogP contribution in [0.5, 0.6) is 11.5 Å². The van der Waals surface area contributed by atoms with Gasteiger partial charge in [0.15, 0.2) is 11.5 Å². The highest BCUT2D eigenvalue weighted by Crippen LogP contribution is 2.30. The molecule has 0 saturated carbocycles. The van der Waals surface area contributed by atoms with Crippen LogP contribution in [0.2, 0.25) is 0 Å². The van der Waals surface area contributed by atoms with Crippen LogP contribution in [0.1, 0.15) is 5.56 Å². The molecule has 2 heterocycles. The molecule has 112 valence electrons. The first kappa shape index (κ1) is 13.8. The molecule has 0 aliphatic carbocycles. The molecule has 1 aromatic carbocycles. The van der Waals surface area contributed by atoms with Gasteiger partial charge >= 0.3 is 0 Å². The Balaban J connectivity index is 1.58. The van der Waals surface area contributed by atoms with Gasteiger partial charge in [-0.1, -0.05) is 6.07 Å². The zero-order chi connectivity index (χ0) is 14.5. The Morgan fingerprint density at radius 3 is 3.00 bits per heavy atom. The molecule has 0 amide bonds. The minimum Gasteiger partial charge on any atom is -0.486 e. The van der Waals surface area contributed by atoms with Gasteiger partial charge in [-0.2, -0.15) is 5.10 Å². The maximum Gasteiger partial charge on any atom is 0.161 e. The number of fused-ring (bicyclic) bond motifs is 1. The Labute approximate surface area is 123 Å². The van der Waals surface area contributed by atoms with E-state index < -0.39 is 0 Å². The van der Waals surface area contributed by atoms with E-state index in [4.69, 9.17) is 14.2 Å². The highest BCUT2D eigenvalue weighted by atomic mass is 16.6. The fourth-order valence-electron chi connectivity index (χ4n) is 2.16. The molecule has 0 bridgehead atoms. The van der Waals surface area contributed by atoms with Crippen molar-refractivity contribution in [3.63, 3.8) is 0 Å². The molecule has 0 saturated heterocycles. The van der Waals surface area contributed by atoms with Gasteiger partial charge in [-0.3, -0.25) is 4.68 Å². The molecule has 1 N–H and O–H groups in total. The molecule has 3 rings (SSSR count). The average Bonchev–Trinajstić information content (AvgIpc) is 2.98. The summed E-state index contributed by atoms with van der Waals surface area (Å²) < 4.78 is 18.0. The topological polar surface area (TPSA) is 57.5 Å². The SMILES string of the molecule is COCCn1cc(NCc2ccc3c(c2)OCCO3)cn1. The van der Waals surface area contributed by atoms with Crippen molar-refractivity contribution in [3.8, 4) is 11.5 Å². The first-order chi connectivity index (χ1) is 10.3. The third-order valence-electron chi connectivity index (χ3n) is 3.26. The number of methoxy groups -OCH3 is 1. The molecule has 0 radical (unpaired) electrons. The van der Waals surface area contributed by atoms with Gasteiger partial charge in [0.25, 0.3) is 0 Å². The molecule has 6 heteroatoms. The molecule has 21 heavy (non-hydrogen) atoms. The van der Waals surface area contributed by atoms with Gasteiger partial charge in [-0.25, -0.2) is 0 Å². The summed E-state index contributed by atoms with van der Waals surface area (Å²) in [7, 11) is 1.69. The van der Waals surface area contributed by atoms with Crippen LogP contribution in [0.4, 0.5) is 5.69 Å². The van der Waals surface area contributed by atoms with E-state index in [1.54, 1.807) is 7.11 Å². The smallest absolute Gasteiger partial charge is 0.161 e. The number of benzene rings is 1. The lowest BCUT2D eigenvalue weighted by molar-refractivity contribution is 0.171. The standard InChI is InChI=1S/C15H19N3O3/c1-19-5-4-18-11-13(10-17-18)16-9-12-2-3-14-15(8-12)21-7-6-20-14/h2-3,8,10-11,16H,4-7,9H2,1H3. The van der Waals surface area contributed by atoms with Crippen molar-refractivity contribution in [2.75, 3.05) is 32.2 Å². The normalized spacial score (nSPS) is 13.2. The highest BCUT2D eigenvalue weighted by molar-refractivity contribution is 5.45. The second-order valence-corrected chi connectivity index (χ2v) is 4.82. The van der Waals surface area contributed by atoms with Gasteiger partial charge < -0.3 is 19.5 Å². The van der Waals surface area contributed by atoms with E-state index in [0.29, 0.717) is 26.4 Å². The van der Waals surface area contributed by atoms with E-state index in [0.717, 1.165) is 29.3 Å². The van der Waals surface area contributed by atoms with Crippen LogP contribution in [0.3, 0.4) is 0 Å². The number of ether oxygens (including phenoxy) is 3. The van der Waals surface area contributed by atoms with Crippen LogP contribution < -0.4 is 14.8 Å². The van der Waals surface area contributed by atoms with Gasteiger partial charge in [0.1, 0.15) is 13.2 Å². The molecular formula is C15H19N3O3. The first-order valence-electron chi connectivity index (χ1n) is 6.99. The van der Waals surface area contributed by atoms with Crippen molar-refractivity contribution < 1.29 is 14.2 Å². The van der Waals surface area contributed by atoms with Crippen LogP contribution in [-0.4, -0.2) is 36.7 Å². The summed E-state index contributed by atoms with van der Waals surface area (Å²) in [5.41, 5.74) is 2.13. The lowest BCUT2D eigenvalue weighted by Crippen LogP contribution is -2.15. The maximum atomic E-state index is 5.58. The molecule has 0 unspecified atom stereocenters. The molecule has 1 aliphatic rings. The van der Waals surface area contributed by atoms with Gasteiger partial charge in [-0.05, 0) is 17.7 Å². The lowest BCUT2D eigenvalue weighted by atomic mass is 10.2. The number of rotatable bonds is 6. The Morgan fingerprint density at radius 2 is 2.14 bits per heavy atom. The molecular weight excluding hydrogens is 270 g/mol. The predicted molar refractivity (Wildman–Crippen MR) is 78.9 cm³/mol. The summed E-state index contributed by atoms with van der Waals surface area (Å²) in [5, 5.41) is 7.61. The fourth-order valence-corrected chi connectivity index (χ4v) is 2.16.